The van der Waals surface area contributed by atoms with E-state index in [1.807, 2.05) is 56.3 Å². The Morgan fingerprint density at radius 2 is 1.93 bits per heavy atom. The van der Waals surface area contributed by atoms with Crippen molar-refractivity contribution in [1.82, 2.24) is 30.1 Å². The summed E-state index contributed by atoms with van der Waals surface area (Å²) in [6, 6.07) is 8.04. The summed E-state index contributed by atoms with van der Waals surface area (Å²) in [6.07, 6.45) is 6.20. The van der Waals surface area contributed by atoms with Gasteiger partial charge in [0.2, 0.25) is 11.8 Å². The number of hydrogen-bond acceptors (Lipinski definition) is 8. The van der Waals surface area contributed by atoms with Crippen LogP contribution in [0.3, 0.4) is 0 Å². The Kier molecular flexibility index (Phi) is 8.07. The number of rotatable bonds is 5. The summed E-state index contributed by atoms with van der Waals surface area (Å²) in [5, 5.41) is 13.5. The Morgan fingerprint density at radius 3 is 2.69 bits per heavy atom. The third kappa shape index (κ3) is 5.76. The number of fused-ring (bicyclic) bond motifs is 3. The van der Waals surface area contributed by atoms with Gasteiger partial charge in [-0.2, -0.15) is 4.98 Å². The standard InChI is InChI=1S/C33H38N6O6/c1-19-10-9-12-24(34-19)28-35-27-20(2)26(44-4)14-13-23(27)30(36-28)45-22-16-25-29(40)37-33(31(41)42)17-21(33)11-7-5-6-8-15-38(3)32(43)39(25)18-22/h7,9-14,21-22,25H,5-6,8,15-18H2,1-4H3,(H,37,40)(H,41,42)/b11-7-. The van der Waals surface area contributed by atoms with Crippen LogP contribution in [0.15, 0.2) is 42.5 Å². The molecule has 45 heavy (non-hydrogen) atoms. The molecule has 0 spiro atoms. The van der Waals surface area contributed by atoms with E-state index in [1.165, 1.54) is 4.90 Å². The molecule has 2 fully saturated rings. The molecule has 2 N–H and O–H groups in total. The molecule has 2 aromatic heterocycles. The molecule has 3 amide bonds. The number of aryl methyl sites for hydroxylation is 2. The van der Waals surface area contributed by atoms with Crippen molar-refractivity contribution in [2.45, 2.75) is 63.6 Å². The molecular formula is C33H38N6O6. The van der Waals surface area contributed by atoms with Crippen LogP contribution in [0.25, 0.3) is 22.4 Å². The zero-order valence-corrected chi connectivity index (χ0v) is 25.9. The van der Waals surface area contributed by atoms with E-state index < -0.39 is 29.6 Å². The molecule has 3 aliphatic rings. The minimum Gasteiger partial charge on any atom is -0.496 e. The van der Waals surface area contributed by atoms with Gasteiger partial charge in [0.05, 0.1) is 24.6 Å². The lowest BCUT2D eigenvalue weighted by atomic mass is 10.1. The van der Waals surface area contributed by atoms with Gasteiger partial charge in [-0.3, -0.25) is 4.79 Å². The van der Waals surface area contributed by atoms with Gasteiger partial charge in [-0.25, -0.2) is 19.6 Å². The van der Waals surface area contributed by atoms with E-state index in [4.69, 9.17) is 19.4 Å². The van der Waals surface area contributed by atoms with Gasteiger partial charge in [-0.05, 0) is 63.8 Å². The number of amides is 3. The van der Waals surface area contributed by atoms with Gasteiger partial charge in [-0.1, -0.05) is 18.2 Å². The number of ether oxygens (including phenoxy) is 2. The maximum Gasteiger partial charge on any atom is 0.330 e. The second-order valence-electron chi connectivity index (χ2n) is 12.2. The van der Waals surface area contributed by atoms with Gasteiger partial charge in [0.25, 0.3) is 0 Å². The summed E-state index contributed by atoms with van der Waals surface area (Å²) >= 11 is 0. The fourth-order valence-corrected chi connectivity index (χ4v) is 6.33. The Labute approximate surface area is 261 Å². The van der Waals surface area contributed by atoms with Crippen LogP contribution in [0.2, 0.25) is 0 Å². The molecule has 4 heterocycles. The smallest absolute Gasteiger partial charge is 0.330 e. The highest BCUT2D eigenvalue weighted by atomic mass is 16.5. The van der Waals surface area contributed by atoms with Crippen LogP contribution in [-0.4, -0.2) is 92.7 Å². The molecule has 236 valence electrons. The zero-order valence-electron chi connectivity index (χ0n) is 25.9. The van der Waals surface area contributed by atoms with Crippen molar-refractivity contribution in [1.29, 1.82) is 0 Å². The predicted molar refractivity (Wildman–Crippen MR) is 166 cm³/mol. The molecule has 1 aliphatic carbocycles. The number of methoxy groups -OCH3 is 1. The monoisotopic (exact) mass is 614 g/mol. The number of hydrogen-bond donors (Lipinski definition) is 2. The SMILES string of the molecule is COc1ccc2c(OC3CC4C(=O)NC5(C(=O)O)CC5/C=C\CCCCN(C)C(=O)N4C3)nc(-c3cccc(C)n3)nc2c1C. The number of carbonyl (C=O) groups excluding carboxylic acids is 2. The van der Waals surface area contributed by atoms with Gasteiger partial charge in [0.15, 0.2) is 5.82 Å². The number of carboxylic acids is 1. The van der Waals surface area contributed by atoms with E-state index in [2.05, 4.69) is 10.3 Å². The largest absolute Gasteiger partial charge is 0.496 e. The average molecular weight is 615 g/mol. The van der Waals surface area contributed by atoms with Crippen molar-refractivity contribution >= 4 is 28.8 Å². The summed E-state index contributed by atoms with van der Waals surface area (Å²) < 4.78 is 12.1. The highest BCUT2D eigenvalue weighted by molar-refractivity contribution is 5.95. The van der Waals surface area contributed by atoms with Gasteiger partial charge < -0.3 is 29.7 Å². The lowest BCUT2D eigenvalue weighted by Gasteiger charge is -2.29. The third-order valence-corrected chi connectivity index (χ3v) is 9.02. The number of benzene rings is 1. The molecule has 1 aromatic carbocycles. The molecule has 3 aromatic rings. The summed E-state index contributed by atoms with van der Waals surface area (Å²) in [5.41, 5.74) is 1.47. The normalized spacial score (nSPS) is 26.0. The molecular weight excluding hydrogens is 576 g/mol. The van der Waals surface area contributed by atoms with Crippen LogP contribution in [-0.2, 0) is 9.59 Å². The van der Waals surface area contributed by atoms with Crippen molar-refractivity contribution < 1.29 is 29.0 Å². The van der Waals surface area contributed by atoms with Crippen LogP contribution < -0.4 is 14.8 Å². The minimum atomic E-state index is -1.37. The van der Waals surface area contributed by atoms with E-state index in [1.54, 1.807) is 19.1 Å². The molecule has 12 heteroatoms. The first-order valence-corrected chi connectivity index (χ1v) is 15.3. The second-order valence-corrected chi connectivity index (χ2v) is 12.2. The molecule has 2 aliphatic heterocycles. The van der Waals surface area contributed by atoms with Crippen molar-refractivity contribution in [3.8, 4) is 23.1 Å². The summed E-state index contributed by atoms with van der Waals surface area (Å²) in [7, 11) is 3.32. The van der Waals surface area contributed by atoms with Gasteiger partial charge >= 0.3 is 12.0 Å². The topological polar surface area (TPSA) is 147 Å². The van der Waals surface area contributed by atoms with E-state index in [0.717, 1.165) is 30.5 Å². The molecule has 4 unspecified atom stereocenters. The van der Waals surface area contributed by atoms with Crippen LogP contribution in [0.1, 0.15) is 43.4 Å². The number of pyridine rings is 1. The first kappa shape index (κ1) is 30.3. The van der Waals surface area contributed by atoms with Gasteiger partial charge in [0, 0.05) is 37.2 Å². The van der Waals surface area contributed by atoms with Crippen LogP contribution >= 0.6 is 0 Å². The Hall–Kier alpha value is -4.74. The second kappa shape index (κ2) is 12.0. The Balaban J connectivity index is 1.35. The molecule has 6 rings (SSSR count). The predicted octanol–water partition coefficient (Wildman–Crippen LogP) is 3.89. The van der Waals surface area contributed by atoms with Crippen molar-refractivity contribution in [2.24, 2.45) is 5.92 Å². The van der Waals surface area contributed by atoms with Crippen LogP contribution in [0, 0.1) is 19.8 Å². The van der Waals surface area contributed by atoms with E-state index in [9.17, 15) is 19.5 Å². The lowest BCUT2D eigenvalue weighted by molar-refractivity contribution is -0.144. The van der Waals surface area contributed by atoms with E-state index in [-0.39, 0.29) is 24.9 Å². The number of carboxylic acid groups (broad SMARTS) is 1. The van der Waals surface area contributed by atoms with Crippen LogP contribution in [0.4, 0.5) is 4.79 Å². The van der Waals surface area contributed by atoms with Crippen molar-refractivity contribution in [3.63, 3.8) is 0 Å². The molecule has 0 bridgehead atoms. The molecule has 1 saturated heterocycles. The molecule has 12 nitrogen and oxygen atoms in total. The Morgan fingerprint density at radius 1 is 1.11 bits per heavy atom. The quantitative estimate of drug-likeness (QED) is 0.409. The first-order valence-electron chi connectivity index (χ1n) is 15.3. The maximum absolute atomic E-state index is 13.7. The number of carbonyl (C=O) groups is 3. The number of nitrogens with one attached hydrogen (secondary N) is 1. The third-order valence-electron chi connectivity index (χ3n) is 9.02. The van der Waals surface area contributed by atoms with Gasteiger partial charge in [0.1, 0.15) is 29.1 Å². The minimum absolute atomic E-state index is 0.128. The highest BCUT2D eigenvalue weighted by Gasteiger charge is 2.61. The zero-order chi connectivity index (χ0) is 31.9. The molecule has 0 radical (unpaired) electrons. The maximum atomic E-state index is 13.7. The fraction of sp³-hybridized carbons (Fsp3) is 0.455. The summed E-state index contributed by atoms with van der Waals surface area (Å²) in [5.74, 6) is -0.527. The Bertz CT molecular complexity index is 1690. The first-order chi connectivity index (χ1) is 21.6. The number of aliphatic carboxylic acids is 1. The van der Waals surface area contributed by atoms with Crippen LogP contribution in [0.5, 0.6) is 11.6 Å². The number of urea groups is 1. The highest BCUT2D eigenvalue weighted by Crippen LogP contribution is 2.45. The number of allylic oxidation sites excluding steroid dienone is 1. The van der Waals surface area contributed by atoms with Crippen molar-refractivity contribution in [3.05, 3.63) is 53.7 Å². The number of aromatic nitrogens is 3. The van der Waals surface area contributed by atoms with Crippen molar-refractivity contribution in [2.75, 3.05) is 27.2 Å². The fourth-order valence-electron chi connectivity index (χ4n) is 6.33. The van der Waals surface area contributed by atoms with Gasteiger partial charge in [-0.15, -0.1) is 0 Å². The van der Waals surface area contributed by atoms with E-state index >= 15 is 0 Å². The molecule has 4 atom stereocenters. The summed E-state index contributed by atoms with van der Waals surface area (Å²) in [4.78, 5) is 57.0. The van der Waals surface area contributed by atoms with E-state index in [0.29, 0.717) is 47.0 Å². The average Bonchev–Trinajstić information content (AvgIpc) is 3.56. The summed E-state index contributed by atoms with van der Waals surface area (Å²) in [6.45, 7) is 4.47. The lowest BCUT2D eigenvalue weighted by Crippen LogP contribution is -2.54. The number of nitrogens with zero attached hydrogens (tertiary/aromatic N) is 5. The molecule has 1 saturated carbocycles.